The van der Waals surface area contributed by atoms with Gasteiger partial charge in [-0.15, -0.1) is 0 Å². The minimum absolute atomic E-state index is 0.130. The zero-order valence-corrected chi connectivity index (χ0v) is 11.2. The van der Waals surface area contributed by atoms with E-state index in [0.717, 1.165) is 30.6 Å². The van der Waals surface area contributed by atoms with Crippen molar-refractivity contribution in [2.24, 2.45) is 11.8 Å². The number of piperidine rings is 1. The number of rotatable bonds is 2. The molecule has 1 aliphatic heterocycles. The normalized spacial score (nSPS) is 28.9. The Morgan fingerprint density at radius 1 is 1.16 bits per heavy atom. The first-order valence-corrected chi connectivity index (χ1v) is 7.81. The van der Waals surface area contributed by atoms with Crippen LogP contribution in [0.2, 0.25) is 0 Å². The summed E-state index contributed by atoms with van der Waals surface area (Å²) in [4.78, 5) is 12.5. The van der Waals surface area contributed by atoms with Gasteiger partial charge in [0.2, 0.25) is 0 Å². The monoisotopic (exact) mass is 297 g/mol. The third-order valence-corrected chi connectivity index (χ3v) is 4.97. The molecule has 0 aromatic rings. The Labute approximate surface area is 110 Å². The lowest BCUT2D eigenvalue weighted by molar-refractivity contribution is -0.150. The van der Waals surface area contributed by atoms with Crippen molar-refractivity contribution in [2.75, 3.05) is 13.1 Å². The van der Waals surface area contributed by atoms with Crippen LogP contribution in [0.1, 0.15) is 32.1 Å². The van der Waals surface area contributed by atoms with Crippen LogP contribution in [0.3, 0.4) is 0 Å². The molecular weight excluding hydrogens is 280 g/mol. The minimum atomic E-state index is -5.70. The summed E-state index contributed by atoms with van der Waals surface area (Å²) in [6.45, 7) is 0.291. The van der Waals surface area contributed by atoms with Gasteiger partial charge >= 0.3 is 21.3 Å². The Balaban J connectivity index is 2.09. The van der Waals surface area contributed by atoms with Gasteiger partial charge in [0.25, 0.3) is 0 Å². The van der Waals surface area contributed by atoms with Gasteiger partial charge in [0, 0.05) is 13.1 Å². The standard InChI is InChI=1S/C11H17F2NO4S/c12-11(13,19(16,17)18)10(15)14-6-5-8-3-1-2-4-9(8)7-14/h8-9H,1-7H2,(H,16,17,18). The van der Waals surface area contributed by atoms with Gasteiger partial charge in [0.05, 0.1) is 0 Å². The largest absolute Gasteiger partial charge is 0.446 e. The zero-order valence-electron chi connectivity index (χ0n) is 10.4. The van der Waals surface area contributed by atoms with Crippen molar-refractivity contribution in [1.29, 1.82) is 0 Å². The number of amides is 1. The van der Waals surface area contributed by atoms with Gasteiger partial charge in [-0.1, -0.05) is 19.3 Å². The minimum Gasteiger partial charge on any atom is -0.336 e. The van der Waals surface area contributed by atoms with Crippen LogP contribution in [0, 0.1) is 11.8 Å². The molecule has 1 N–H and O–H groups in total. The van der Waals surface area contributed by atoms with Crippen molar-refractivity contribution in [3.05, 3.63) is 0 Å². The maximum atomic E-state index is 13.3. The topological polar surface area (TPSA) is 74.7 Å². The summed E-state index contributed by atoms with van der Waals surface area (Å²) < 4.78 is 56.2. The van der Waals surface area contributed by atoms with Gasteiger partial charge in [0.15, 0.2) is 0 Å². The number of alkyl halides is 2. The Morgan fingerprint density at radius 3 is 2.32 bits per heavy atom. The average Bonchev–Trinajstić information content (AvgIpc) is 2.36. The fourth-order valence-corrected chi connectivity index (χ4v) is 3.43. The van der Waals surface area contributed by atoms with Gasteiger partial charge in [-0.25, -0.2) is 0 Å². The molecule has 19 heavy (non-hydrogen) atoms. The second-order valence-electron chi connectivity index (χ2n) is 5.34. The molecule has 0 radical (unpaired) electrons. The maximum Gasteiger partial charge on any atom is 0.446 e. The fourth-order valence-electron chi connectivity index (χ4n) is 3.08. The molecule has 1 saturated heterocycles. The molecule has 1 heterocycles. The first kappa shape index (κ1) is 14.6. The van der Waals surface area contributed by atoms with Crippen molar-refractivity contribution < 1.29 is 26.5 Å². The summed E-state index contributed by atoms with van der Waals surface area (Å²) in [6.07, 6.45) is 4.68. The van der Waals surface area contributed by atoms with Crippen LogP contribution in [0.25, 0.3) is 0 Å². The number of halogens is 2. The van der Waals surface area contributed by atoms with Gasteiger partial charge in [-0.2, -0.15) is 17.2 Å². The molecule has 1 saturated carbocycles. The molecule has 0 bridgehead atoms. The van der Waals surface area contributed by atoms with Gasteiger partial charge in [-0.3, -0.25) is 9.35 Å². The molecule has 1 aliphatic carbocycles. The highest BCUT2D eigenvalue weighted by Gasteiger charge is 2.55. The van der Waals surface area contributed by atoms with Crippen molar-refractivity contribution in [3.8, 4) is 0 Å². The highest BCUT2D eigenvalue weighted by atomic mass is 32.2. The summed E-state index contributed by atoms with van der Waals surface area (Å²) in [7, 11) is -5.70. The van der Waals surface area contributed by atoms with E-state index in [-0.39, 0.29) is 19.0 Å². The number of nitrogens with zero attached hydrogens (tertiary/aromatic N) is 1. The molecule has 1 amide bonds. The van der Waals surface area contributed by atoms with E-state index in [9.17, 15) is 22.0 Å². The lowest BCUT2D eigenvalue weighted by Crippen LogP contribution is -2.53. The number of carbonyl (C=O) groups is 1. The van der Waals surface area contributed by atoms with Crippen LogP contribution in [0.5, 0.6) is 0 Å². The Kier molecular flexibility index (Phi) is 3.83. The summed E-state index contributed by atoms with van der Waals surface area (Å²) >= 11 is 0. The number of carbonyl (C=O) groups excluding carboxylic acids is 1. The molecule has 0 aromatic heterocycles. The number of fused-ring (bicyclic) bond motifs is 1. The highest BCUT2D eigenvalue weighted by molar-refractivity contribution is 7.87. The second-order valence-corrected chi connectivity index (χ2v) is 6.80. The van der Waals surface area contributed by atoms with Crippen molar-refractivity contribution in [1.82, 2.24) is 4.90 Å². The van der Waals surface area contributed by atoms with Crippen LogP contribution in [0.4, 0.5) is 8.78 Å². The summed E-state index contributed by atoms with van der Waals surface area (Å²) in [5.41, 5.74) is 0. The van der Waals surface area contributed by atoms with Crippen LogP contribution in [0.15, 0.2) is 0 Å². The molecule has 110 valence electrons. The molecule has 2 rings (SSSR count). The van der Waals surface area contributed by atoms with E-state index in [1.54, 1.807) is 0 Å². The zero-order chi connectivity index (χ0) is 14.3. The first-order valence-electron chi connectivity index (χ1n) is 6.37. The van der Waals surface area contributed by atoms with E-state index in [1.165, 1.54) is 0 Å². The number of hydrogen-bond donors (Lipinski definition) is 1. The molecule has 5 nitrogen and oxygen atoms in total. The Bertz CT molecular complexity index is 465. The van der Waals surface area contributed by atoms with Crippen LogP contribution < -0.4 is 0 Å². The predicted molar refractivity (Wildman–Crippen MR) is 63.1 cm³/mol. The van der Waals surface area contributed by atoms with Crippen LogP contribution in [-0.4, -0.2) is 42.1 Å². The lowest BCUT2D eigenvalue weighted by Gasteiger charge is -2.41. The van der Waals surface area contributed by atoms with Crippen LogP contribution in [-0.2, 0) is 14.9 Å². The van der Waals surface area contributed by atoms with E-state index < -0.39 is 21.3 Å². The number of likely N-dealkylation sites (tertiary alicyclic amines) is 1. The molecule has 0 spiro atoms. The fraction of sp³-hybridized carbons (Fsp3) is 0.909. The molecule has 2 aliphatic rings. The molecule has 2 unspecified atom stereocenters. The second kappa shape index (κ2) is 4.97. The van der Waals surface area contributed by atoms with E-state index in [2.05, 4.69) is 0 Å². The molecule has 2 atom stereocenters. The Morgan fingerprint density at radius 2 is 1.74 bits per heavy atom. The first-order chi connectivity index (χ1) is 8.73. The van der Waals surface area contributed by atoms with Gasteiger partial charge < -0.3 is 4.90 Å². The quantitative estimate of drug-likeness (QED) is 0.784. The van der Waals surface area contributed by atoms with Crippen molar-refractivity contribution in [2.45, 2.75) is 37.4 Å². The highest BCUT2D eigenvalue weighted by Crippen LogP contribution is 2.37. The Hall–Kier alpha value is -0.760. The van der Waals surface area contributed by atoms with E-state index in [1.807, 2.05) is 0 Å². The predicted octanol–water partition coefficient (Wildman–Crippen LogP) is 1.51. The van der Waals surface area contributed by atoms with E-state index in [0.29, 0.717) is 12.3 Å². The molecule has 2 fully saturated rings. The molecule has 8 heteroatoms. The van der Waals surface area contributed by atoms with Gasteiger partial charge in [0.1, 0.15) is 0 Å². The molecule has 0 aromatic carbocycles. The average molecular weight is 297 g/mol. The van der Waals surface area contributed by atoms with Gasteiger partial charge in [-0.05, 0) is 24.7 Å². The summed E-state index contributed by atoms with van der Waals surface area (Å²) in [5, 5.41) is -4.74. The van der Waals surface area contributed by atoms with E-state index >= 15 is 0 Å². The third kappa shape index (κ3) is 2.74. The lowest BCUT2D eigenvalue weighted by atomic mass is 9.75. The number of hydrogen-bond acceptors (Lipinski definition) is 3. The third-order valence-electron chi connectivity index (χ3n) is 4.15. The SMILES string of the molecule is O=C(N1CCC2CCCCC2C1)C(F)(F)S(=O)(=O)O. The van der Waals surface area contributed by atoms with E-state index in [4.69, 9.17) is 4.55 Å². The smallest absolute Gasteiger partial charge is 0.336 e. The maximum absolute atomic E-state index is 13.3. The van der Waals surface area contributed by atoms with Crippen molar-refractivity contribution >= 4 is 16.0 Å². The summed E-state index contributed by atoms with van der Waals surface area (Å²) in [6, 6.07) is 0. The molecular formula is C11H17F2NO4S. The van der Waals surface area contributed by atoms with Crippen LogP contribution >= 0.6 is 0 Å². The van der Waals surface area contributed by atoms with Crippen molar-refractivity contribution in [3.63, 3.8) is 0 Å². The summed E-state index contributed by atoms with van der Waals surface area (Å²) in [5.74, 6) is -1.19.